The average Bonchev–Trinajstić information content (AvgIpc) is 2.73. The van der Waals surface area contributed by atoms with Crippen molar-refractivity contribution in [2.75, 3.05) is 5.73 Å². The van der Waals surface area contributed by atoms with Crippen LogP contribution in [-0.4, -0.2) is 0 Å². The Morgan fingerprint density at radius 2 is 1.19 bits per heavy atom. The number of anilines is 1. The van der Waals surface area contributed by atoms with Crippen LogP contribution in [0.15, 0.2) is 30.3 Å². The first kappa shape index (κ1) is 18.6. The number of nitrogen functional groups attached to an aromatic ring is 1. The third-order valence-electron chi connectivity index (χ3n) is 7.29. The molecule has 0 aromatic heterocycles. The van der Waals surface area contributed by atoms with Crippen LogP contribution in [-0.2, 0) is 0 Å². The molecule has 1 heteroatoms. The monoisotopic (exact) mass is 361 g/mol. The van der Waals surface area contributed by atoms with Crippen molar-refractivity contribution in [3.8, 4) is 11.1 Å². The fraction of sp³-hybridized carbons (Fsp3) is 0.538. The Bertz CT molecular complexity index is 778. The van der Waals surface area contributed by atoms with Crippen molar-refractivity contribution >= 4 is 5.69 Å². The third-order valence-corrected chi connectivity index (χ3v) is 7.29. The molecule has 144 valence electrons. The fourth-order valence-corrected chi connectivity index (χ4v) is 5.72. The van der Waals surface area contributed by atoms with Crippen LogP contribution in [0.1, 0.15) is 98.3 Å². The highest BCUT2D eigenvalue weighted by Gasteiger charge is 2.30. The maximum atomic E-state index is 6.82. The van der Waals surface area contributed by atoms with E-state index in [1.807, 2.05) is 0 Å². The van der Waals surface area contributed by atoms with Crippen LogP contribution in [0.4, 0.5) is 5.69 Å². The molecule has 2 N–H and O–H groups in total. The largest absolute Gasteiger partial charge is 0.398 e. The van der Waals surface area contributed by atoms with E-state index < -0.39 is 0 Å². The van der Waals surface area contributed by atoms with Gasteiger partial charge < -0.3 is 5.73 Å². The maximum absolute atomic E-state index is 6.82. The van der Waals surface area contributed by atoms with Gasteiger partial charge in [0, 0.05) is 11.3 Å². The lowest BCUT2D eigenvalue weighted by atomic mass is 9.70. The third kappa shape index (κ3) is 3.53. The Kier molecular flexibility index (Phi) is 5.57. The van der Waals surface area contributed by atoms with E-state index >= 15 is 0 Å². The number of hydrogen-bond acceptors (Lipinski definition) is 1. The summed E-state index contributed by atoms with van der Waals surface area (Å²) in [6.07, 6.45) is 13.7. The van der Waals surface area contributed by atoms with Crippen LogP contribution >= 0.6 is 0 Å². The van der Waals surface area contributed by atoms with Crippen molar-refractivity contribution < 1.29 is 0 Å². The first-order valence-electron chi connectivity index (χ1n) is 11.2. The summed E-state index contributed by atoms with van der Waals surface area (Å²) in [6, 6.07) is 11.0. The predicted molar refractivity (Wildman–Crippen MR) is 117 cm³/mol. The van der Waals surface area contributed by atoms with Gasteiger partial charge >= 0.3 is 0 Å². The minimum absolute atomic E-state index is 0.687. The Morgan fingerprint density at radius 1 is 0.667 bits per heavy atom. The molecule has 2 saturated carbocycles. The van der Waals surface area contributed by atoms with Crippen molar-refractivity contribution in [1.82, 2.24) is 0 Å². The molecule has 2 aromatic carbocycles. The molecule has 1 nitrogen and oxygen atoms in total. The van der Waals surface area contributed by atoms with Gasteiger partial charge in [0.1, 0.15) is 0 Å². The molecule has 2 aliphatic rings. The summed E-state index contributed by atoms with van der Waals surface area (Å²) in [7, 11) is 0. The Balaban J connectivity index is 1.97. The lowest BCUT2D eigenvalue weighted by Crippen LogP contribution is -2.17. The second-order valence-corrected chi connectivity index (χ2v) is 8.90. The Morgan fingerprint density at radius 3 is 1.74 bits per heavy atom. The Hall–Kier alpha value is -1.76. The molecule has 0 unspecified atom stereocenters. The maximum Gasteiger partial charge on any atom is 0.0429 e. The van der Waals surface area contributed by atoms with E-state index in [9.17, 15) is 0 Å². The minimum Gasteiger partial charge on any atom is -0.398 e. The zero-order valence-electron chi connectivity index (χ0n) is 17.2. The first-order chi connectivity index (χ1) is 13.2. The van der Waals surface area contributed by atoms with Crippen LogP contribution in [0.25, 0.3) is 11.1 Å². The summed E-state index contributed by atoms with van der Waals surface area (Å²) in [5, 5.41) is 0. The highest BCUT2D eigenvalue weighted by Crippen LogP contribution is 2.49. The summed E-state index contributed by atoms with van der Waals surface area (Å²) in [4.78, 5) is 0. The quantitative estimate of drug-likeness (QED) is 0.558. The Labute approximate surface area is 165 Å². The SMILES string of the molecule is Cc1c(C)c(C2CCCCC2)c(C2CCCCC2)c(-c2ccccc2)c1N. The molecular weight excluding hydrogens is 326 g/mol. The minimum atomic E-state index is 0.687. The van der Waals surface area contributed by atoms with Gasteiger partial charge in [-0.05, 0) is 79.2 Å². The molecule has 0 radical (unpaired) electrons. The zero-order chi connectivity index (χ0) is 18.8. The first-order valence-corrected chi connectivity index (χ1v) is 11.2. The second-order valence-electron chi connectivity index (χ2n) is 8.90. The van der Waals surface area contributed by atoms with Crippen molar-refractivity contribution in [2.24, 2.45) is 0 Å². The molecule has 2 fully saturated rings. The molecule has 0 heterocycles. The van der Waals surface area contributed by atoms with E-state index in [0.29, 0.717) is 5.92 Å². The van der Waals surface area contributed by atoms with Crippen LogP contribution in [0, 0.1) is 13.8 Å². The molecule has 4 rings (SSSR count). The molecule has 27 heavy (non-hydrogen) atoms. The van der Waals surface area contributed by atoms with Crippen molar-refractivity contribution in [3.63, 3.8) is 0 Å². The molecule has 0 amide bonds. The number of hydrogen-bond donors (Lipinski definition) is 1. The van der Waals surface area contributed by atoms with Gasteiger partial charge in [-0.15, -0.1) is 0 Å². The smallest absolute Gasteiger partial charge is 0.0429 e. The number of nitrogens with two attached hydrogens (primary N) is 1. The molecule has 0 aliphatic heterocycles. The van der Waals surface area contributed by atoms with Gasteiger partial charge in [-0.3, -0.25) is 0 Å². The van der Waals surface area contributed by atoms with Gasteiger partial charge in [0.2, 0.25) is 0 Å². The summed E-state index contributed by atoms with van der Waals surface area (Å²) >= 11 is 0. The van der Waals surface area contributed by atoms with Gasteiger partial charge in [-0.25, -0.2) is 0 Å². The predicted octanol–water partition coefficient (Wildman–Crippen LogP) is 7.65. The van der Waals surface area contributed by atoms with E-state index in [0.717, 1.165) is 11.6 Å². The van der Waals surface area contributed by atoms with Crippen molar-refractivity contribution in [2.45, 2.75) is 89.9 Å². The van der Waals surface area contributed by atoms with E-state index in [2.05, 4.69) is 44.2 Å². The van der Waals surface area contributed by atoms with Crippen molar-refractivity contribution in [3.05, 3.63) is 52.6 Å². The molecular formula is C26H35N. The van der Waals surface area contributed by atoms with Crippen molar-refractivity contribution in [1.29, 1.82) is 0 Å². The zero-order valence-corrected chi connectivity index (χ0v) is 17.2. The highest BCUT2D eigenvalue weighted by molar-refractivity contribution is 5.84. The van der Waals surface area contributed by atoms with Gasteiger partial charge in [0.15, 0.2) is 0 Å². The van der Waals surface area contributed by atoms with Crippen LogP contribution in [0.5, 0.6) is 0 Å². The van der Waals surface area contributed by atoms with E-state index in [4.69, 9.17) is 5.73 Å². The van der Waals surface area contributed by atoms with Gasteiger partial charge in [0.05, 0.1) is 0 Å². The average molecular weight is 362 g/mol. The molecule has 2 aromatic rings. The molecule has 2 aliphatic carbocycles. The van der Waals surface area contributed by atoms with Crippen LogP contribution in [0.2, 0.25) is 0 Å². The van der Waals surface area contributed by atoms with Gasteiger partial charge in [0.25, 0.3) is 0 Å². The lowest BCUT2D eigenvalue weighted by molar-refractivity contribution is 0.418. The standard InChI is InChI=1S/C26H35N/c1-18-19(2)26(27)25(22-16-10-5-11-17-22)24(21-14-8-4-9-15-21)23(18)20-12-6-3-7-13-20/h5,10-11,16-17,20-21H,3-4,6-9,12-15,27H2,1-2H3. The summed E-state index contributed by atoms with van der Waals surface area (Å²) in [5.74, 6) is 1.42. The second kappa shape index (κ2) is 8.09. The summed E-state index contributed by atoms with van der Waals surface area (Å²) in [6.45, 7) is 4.59. The normalized spacial score (nSPS) is 19.3. The van der Waals surface area contributed by atoms with Crippen LogP contribution < -0.4 is 5.73 Å². The van der Waals surface area contributed by atoms with E-state index in [1.165, 1.54) is 86.5 Å². The van der Waals surface area contributed by atoms with E-state index in [-0.39, 0.29) is 0 Å². The lowest BCUT2D eigenvalue weighted by Gasteiger charge is -2.34. The summed E-state index contributed by atoms with van der Waals surface area (Å²) in [5.41, 5.74) is 16.7. The number of rotatable bonds is 3. The molecule has 0 saturated heterocycles. The molecule has 0 atom stereocenters. The number of benzene rings is 2. The van der Waals surface area contributed by atoms with E-state index in [1.54, 1.807) is 11.1 Å². The topological polar surface area (TPSA) is 26.0 Å². The van der Waals surface area contributed by atoms with Gasteiger partial charge in [-0.2, -0.15) is 0 Å². The highest BCUT2D eigenvalue weighted by atomic mass is 14.6. The fourth-order valence-electron chi connectivity index (χ4n) is 5.72. The molecule has 0 spiro atoms. The molecule has 0 bridgehead atoms. The van der Waals surface area contributed by atoms with Gasteiger partial charge in [-0.1, -0.05) is 68.9 Å². The van der Waals surface area contributed by atoms with Crippen LogP contribution in [0.3, 0.4) is 0 Å². The summed E-state index contributed by atoms with van der Waals surface area (Å²) < 4.78 is 0.